The topological polar surface area (TPSA) is 101 Å². The summed E-state index contributed by atoms with van der Waals surface area (Å²) >= 11 is 6.59. The first-order valence-corrected chi connectivity index (χ1v) is 13.8. The van der Waals surface area contributed by atoms with Crippen molar-refractivity contribution in [2.24, 2.45) is 0 Å². The fraction of sp³-hybridized carbons (Fsp3) is 0.750. The van der Waals surface area contributed by atoms with E-state index in [4.69, 9.17) is 31.3 Å². The van der Waals surface area contributed by atoms with Gasteiger partial charge in [0.25, 0.3) is 0 Å². The molecule has 3 aliphatic heterocycles. The van der Waals surface area contributed by atoms with E-state index in [0.717, 1.165) is 105 Å². The lowest BCUT2D eigenvalue weighted by atomic mass is 10.3. The number of hydrogen-bond donors (Lipinski definition) is 2. The standard InChI is InChI=1S/C24H40ClN11O/c1-32-7-11-34(12-8-32)5-3-26-21-19-22(31-24(30-21)36-13-9-33(2)10-14-36)29-23(20(25)28-19)27-4-6-35-15-17-37-18-16-35/h3-18H2,1-2H3,(H2,26,27,29,30,31). The molecule has 2 aromatic rings. The van der Waals surface area contributed by atoms with E-state index in [-0.39, 0.29) is 0 Å². The summed E-state index contributed by atoms with van der Waals surface area (Å²) in [5, 5.41) is 7.23. The normalized spacial score (nSPS) is 21.0. The Kier molecular flexibility index (Phi) is 9.06. The highest BCUT2D eigenvalue weighted by molar-refractivity contribution is 6.32. The molecule has 0 saturated carbocycles. The molecule has 3 fully saturated rings. The minimum absolute atomic E-state index is 0.340. The van der Waals surface area contributed by atoms with Gasteiger partial charge < -0.3 is 30.1 Å². The number of fused-ring (bicyclic) bond motifs is 1. The first-order valence-electron chi connectivity index (χ1n) is 13.4. The Bertz CT molecular complexity index is 1020. The predicted octanol–water partition coefficient (Wildman–Crippen LogP) is 0.228. The molecule has 0 spiro atoms. The third kappa shape index (κ3) is 7.06. The largest absolute Gasteiger partial charge is 0.379 e. The number of piperazine rings is 2. The fourth-order valence-corrected chi connectivity index (χ4v) is 5.05. The first kappa shape index (κ1) is 26.5. The van der Waals surface area contributed by atoms with Crippen molar-refractivity contribution in [1.82, 2.24) is 39.5 Å². The van der Waals surface area contributed by atoms with Crippen LogP contribution in [-0.4, -0.2) is 158 Å². The second kappa shape index (κ2) is 12.6. The molecule has 204 valence electrons. The van der Waals surface area contributed by atoms with E-state index < -0.39 is 0 Å². The molecule has 37 heavy (non-hydrogen) atoms. The van der Waals surface area contributed by atoms with Crippen molar-refractivity contribution < 1.29 is 4.74 Å². The summed E-state index contributed by atoms with van der Waals surface area (Å²) in [6, 6.07) is 0. The number of nitrogens with one attached hydrogen (secondary N) is 2. The maximum absolute atomic E-state index is 6.59. The van der Waals surface area contributed by atoms with Crippen LogP contribution in [0, 0.1) is 0 Å². The summed E-state index contributed by atoms with van der Waals surface area (Å²) in [5.41, 5.74) is 1.17. The Labute approximate surface area is 224 Å². The summed E-state index contributed by atoms with van der Waals surface area (Å²) < 4.78 is 5.44. The van der Waals surface area contributed by atoms with Crippen LogP contribution in [0.15, 0.2) is 0 Å². The van der Waals surface area contributed by atoms with Crippen molar-refractivity contribution >= 4 is 40.3 Å². The number of hydrogen-bond acceptors (Lipinski definition) is 12. The number of aromatic nitrogens is 4. The molecule has 0 unspecified atom stereocenters. The van der Waals surface area contributed by atoms with Crippen LogP contribution >= 0.6 is 11.6 Å². The van der Waals surface area contributed by atoms with Crippen LogP contribution in [0.3, 0.4) is 0 Å². The highest BCUT2D eigenvalue weighted by Crippen LogP contribution is 2.26. The van der Waals surface area contributed by atoms with Gasteiger partial charge in [0.1, 0.15) is 0 Å². The third-order valence-electron chi connectivity index (χ3n) is 7.40. The van der Waals surface area contributed by atoms with Crippen molar-refractivity contribution in [3.63, 3.8) is 0 Å². The van der Waals surface area contributed by atoms with Crippen molar-refractivity contribution in [1.29, 1.82) is 0 Å². The molecule has 0 aliphatic carbocycles. The second-order valence-corrected chi connectivity index (χ2v) is 10.5. The Hall–Kier alpha value is -2.09. The highest BCUT2D eigenvalue weighted by atomic mass is 35.5. The Morgan fingerprint density at radius 2 is 1.30 bits per heavy atom. The van der Waals surface area contributed by atoms with Gasteiger partial charge in [0, 0.05) is 91.6 Å². The fourth-order valence-electron chi connectivity index (χ4n) is 4.86. The Balaban J connectivity index is 1.32. The van der Waals surface area contributed by atoms with Crippen LogP contribution in [0.25, 0.3) is 11.2 Å². The van der Waals surface area contributed by atoms with Gasteiger partial charge in [-0.2, -0.15) is 9.97 Å². The molecule has 0 atom stereocenters. The molecule has 0 amide bonds. The van der Waals surface area contributed by atoms with Gasteiger partial charge in [0.2, 0.25) is 5.95 Å². The molecule has 13 heteroatoms. The lowest BCUT2D eigenvalue weighted by Gasteiger charge is -2.33. The zero-order valence-electron chi connectivity index (χ0n) is 22.1. The van der Waals surface area contributed by atoms with Gasteiger partial charge in [0.15, 0.2) is 28.0 Å². The number of anilines is 3. The lowest BCUT2D eigenvalue weighted by Crippen LogP contribution is -2.46. The average Bonchev–Trinajstić information content (AvgIpc) is 2.91. The van der Waals surface area contributed by atoms with Crippen LogP contribution in [-0.2, 0) is 4.74 Å². The van der Waals surface area contributed by atoms with Crippen molar-refractivity contribution in [3.05, 3.63) is 5.15 Å². The zero-order valence-corrected chi connectivity index (χ0v) is 22.9. The molecule has 3 aliphatic rings. The molecule has 5 rings (SSSR count). The summed E-state index contributed by atoms with van der Waals surface area (Å²) in [6.07, 6.45) is 0. The molecule has 0 bridgehead atoms. The van der Waals surface area contributed by atoms with Gasteiger partial charge in [0.05, 0.1) is 13.2 Å². The Morgan fingerprint density at radius 1 is 0.703 bits per heavy atom. The van der Waals surface area contributed by atoms with Crippen LogP contribution in [0.1, 0.15) is 0 Å². The number of morpholine rings is 1. The van der Waals surface area contributed by atoms with Crippen LogP contribution in [0.4, 0.5) is 17.6 Å². The first-order chi connectivity index (χ1) is 18.0. The molecule has 2 N–H and O–H groups in total. The number of nitrogens with zero attached hydrogens (tertiary/aromatic N) is 9. The molecular weight excluding hydrogens is 494 g/mol. The average molecular weight is 534 g/mol. The second-order valence-electron chi connectivity index (χ2n) is 10.2. The van der Waals surface area contributed by atoms with Gasteiger partial charge >= 0.3 is 0 Å². The van der Waals surface area contributed by atoms with Crippen molar-refractivity contribution in [3.8, 4) is 0 Å². The van der Waals surface area contributed by atoms with E-state index in [1.807, 2.05) is 0 Å². The van der Waals surface area contributed by atoms with Crippen molar-refractivity contribution in [2.75, 3.05) is 134 Å². The molecular formula is C24H40ClN11O. The maximum Gasteiger partial charge on any atom is 0.229 e. The number of rotatable bonds is 9. The summed E-state index contributed by atoms with van der Waals surface area (Å²) in [4.78, 5) is 31.0. The molecule has 12 nitrogen and oxygen atoms in total. The van der Waals surface area contributed by atoms with Gasteiger partial charge in [-0.15, -0.1) is 0 Å². The highest BCUT2D eigenvalue weighted by Gasteiger charge is 2.21. The third-order valence-corrected chi connectivity index (χ3v) is 7.67. The summed E-state index contributed by atoms with van der Waals surface area (Å²) in [5.74, 6) is 1.95. The smallest absolute Gasteiger partial charge is 0.229 e. The number of halogens is 1. The van der Waals surface area contributed by atoms with Gasteiger partial charge in [-0.1, -0.05) is 11.6 Å². The van der Waals surface area contributed by atoms with Gasteiger partial charge in [-0.25, -0.2) is 9.97 Å². The van der Waals surface area contributed by atoms with E-state index in [1.54, 1.807) is 0 Å². The minimum atomic E-state index is 0.340. The number of likely N-dealkylation sites (N-methyl/N-ethyl adjacent to an activating group) is 2. The maximum atomic E-state index is 6.59. The summed E-state index contributed by atoms with van der Waals surface area (Å²) in [6.45, 7) is 14.9. The van der Waals surface area contributed by atoms with Crippen molar-refractivity contribution in [2.45, 2.75) is 0 Å². The molecule has 5 heterocycles. The lowest BCUT2D eigenvalue weighted by molar-refractivity contribution is 0.0398. The van der Waals surface area contributed by atoms with E-state index in [2.05, 4.69) is 54.2 Å². The Morgan fingerprint density at radius 3 is 1.97 bits per heavy atom. The van der Waals surface area contributed by atoms with Gasteiger partial charge in [-0.3, -0.25) is 9.80 Å². The molecule has 3 saturated heterocycles. The van der Waals surface area contributed by atoms with E-state index in [0.29, 0.717) is 33.9 Å². The quantitative estimate of drug-likeness (QED) is 0.461. The van der Waals surface area contributed by atoms with Crippen LogP contribution in [0.5, 0.6) is 0 Å². The van der Waals surface area contributed by atoms with Gasteiger partial charge in [-0.05, 0) is 14.1 Å². The van der Waals surface area contributed by atoms with E-state index in [1.165, 1.54) is 0 Å². The molecule has 0 aromatic carbocycles. The molecule has 0 radical (unpaired) electrons. The SMILES string of the molecule is CN1CCN(CCNc2nc(N3CCN(C)CC3)nc3nc(NCCN4CCOCC4)c(Cl)nc23)CC1. The van der Waals surface area contributed by atoms with Crippen LogP contribution in [0.2, 0.25) is 5.15 Å². The minimum Gasteiger partial charge on any atom is -0.379 e. The zero-order chi connectivity index (χ0) is 25.6. The molecule has 2 aromatic heterocycles. The predicted molar refractivity (Wildman–Crippen MR) is 148 cm³/mol. The number of ether oxygens (including phenoxy) is 1. The van der Waals surface area contributed by atoms with Crippen LogP contribution < -0.4 is 15.5 Å². The van der Waals surface area contributed by atoms with E-state index in [9.17, 15) is 0 Å². The van der Waals surface area contributed by atoms with E-state index >= 15 is 0 Å². The monoisotopic (exact) mass is 533 g/mol. The summed E-state index contributed by atoms with van der Waals surface area (Å²) in [7, 11) is 4.32.